The Hall–Kier alpha value is -1.07. The lowest BCUT2D eigenvalue weighted by Crippen LogP contribution is -2.44. The zero-order valence-corrected chi connectivity index (χ0v) is 10.1. The van der Waals surface area contributed by atoms with E-state index in [2.05, 4.69) is 26.5 Å². The first kappa shape index (κ1) is 11.0. The van der Waals surface area contributed by atoms with Crippen LogP contribution < -0.4 is 16.4 Å². The molecule has 2 unspecified atom stereocenters. The maximum Gasteiger partial charge on any atom is 0.124 e. The number of nitrogens with one attached hydrogen (secondary N) is 2. The average molecular weight is 235 g/mol. The molecule has 5 heteroatoms. The van der Waals surface area contributed by atoms with Crippen molar-refractivity contribution < 1.29 is 0 Å². The summed E-state index contributed by atoms with van der Waals surface area (Å²) in [6.45, 7) is 3.03. The second-order valence-corrected chi connectivity index (χ2v) is 5.21. The number of aromatic nitrogens is 2. The van der Waals surface area contributed by atoms with Crippen LogP contribution in [0.1, 0.15) is 25.3 Å². The second-order valence-electron chi connectivity index (χ2n) is 5.21. The Morgan fingerprint density at radius 2 is 2.35 bits per heavy atom. The number of hydrogen-bond acceptors (Lipinski definition) is 4. The van der Waals surface area contributed by atoms with Crippen molar-refractivity contribution in [3.05, 3.63) is 12.3 Å². The highest BCUT2D eigenvalue weighted by Crippen LogP contribution is 2.25. The zero-order valence-electron chi connectivity index (χ0n) is 10.1. The molecular formula is C12H21N5. The molecule has 2 aliphatic rings. The molecule has 17 heavy (non-hydrogen) atoms. The third-order valence-corrected chi connectivity index (χ3v) is 4.04. The first-order chi connectivity index (χ1) is 8.34. The van der Waals surface area contributed by atoms with Crippen molar-refractivity contribution in [3.8, 4) is 0 Å². The van der Waals surface area contributed by atoms with Gasteiger partial charge in [0.2, 0.25) is 0 Å². The molecule has 1 aromatic heterocycles. The Labute approximate surface area is 102 Å². The average Bonchev–Trinajstić information content (AvgIpc) is 2.83. The van der Waals surface area contributed by atoms with Crippen LogP contribution in [0.5, 0.6) is 0 Å². The van der Waals surface area contributed by atoms with Crippen LogP contribution in [0, 0.1) is 5.92 Å². The number of hydrogen-bond donors (Lipinski definition) is 3. The van der Waals surface area contributed by atoms with E-state index in [9.17, 15) is 0 Å². The molecule has 2 atom stereocenters. The van der Waals surface area contributed by atoms with Gasteiger partial charge in [0.05, 0.1) is 12.2 Å². The van der Waals surface area contributed by atoms with Crippen LogP contribution in [-0.2, 0) is 0 Å². The molecule has 0 aromatic carbocycles. The Balaban J connectivity index is 1.59. The van der Waals surface area contributed by atoms with Gasteiger partial charge in [-0.15, -0.1) is 0 Å². The molecule has 5 nitrogen and oxygen atoms in total. The lowest BCUT2D eigenvalue weighted by Gasteiger charge is -2.29. The fraction of sp³-hybridized carbons (Fsp3) is 0.750. The summed E-state index contributed by atoms with van der Waals surface area (Å²) in [5, 5.41) is 11.2. The molecule has 1 saturated carbocycles. The number of anilines is 1. The first-order valence-corrected chi connectivity index (χ1v) is 6.58. The van der Waals surface area contributed by atoms with E-state index in [1.807, 2.05) is 6.20 Å². The SMILES string of the molecule is NC1CCCC1CNc1ccnn1C1CNC1. The van der Waals surface area contributed by atoms with Gasteiger partial charge in [0.15, 0.2) is 0 Å². The van der Waals surface area contributed by atoms with Crippen molar-refractivity contribution in [1.82, 2.24) is 15.1 Å². The molecule has 2 heterocycles. The molecule has 4 N–H and O–H groups in total. The van der Waals surface area contributed by atoms with Crippen LogP contribution in [0.4, 0.5) is 5.82 Å². The van der Waals surface area contributed by atoms with Gasteiger partial charge in [-0.3, -0.25) is 0 Å². The molecule has 0 spiro atoms. The molecule has 1 aliphatic heterocycles. The lowest BCUT2D eigenvalue weighted by molar-refractivity contribution is 0.321. The van der Waals surface area contributed by atoms with E-state index >= 15 is 0 Å². The lowest BCUT2D eigenvalue weighted by atomic mass is 10.1. The first-order valence-electron chi connectivity index (χ1n) is 6.58. The van der Waals surface area contributed by atoms with Crippen LogP contribution >= 0.6 is 0 Å². The van der Waals surface area contributed by atoms with E-state index < -0.39 is 0 Å². The third-order valence-electron chi connectivity index (χ3n) is 4.04. The van der Waals surface area contributed by atoms with Crippen molar-refractivity contribution in [3.63, 3.8) is 0 Å². The summed E-state index contributed by atoms with van der Waals surface area (Å²) >= 11 is 0. The van der Waals surface area contributed by atoms with E-state index in [0.29, 0.717) is 18.0 Å². The summed E-state index contributed by atoms with van der Waals surface area (Å²) < 4.78 is 2.09. The van der Waals surface area contributed by atoms with Crippen LogP contribution in [0.15, 0.2) is 12.3 Å². The highest BCUT2D eigenvalue weighted by Gasteiger charge is 2.25. The van der Waals surface area contributed by atoms with Crippen LogP contribution in [0.3, 0.4) is 0 Å². The predicted octanol–water partition coefficient (Wildman–Crippen LogP) is 0.567. The Kier molecular flexibility index (Phi) is 3.03. The van der Waals surface area contributed by atoms with E-state index in [4.69, 9.17) is 5.73 Å². The fourth-order valence-corrected chi connectivity index (χ4v) is 2.75. The summed E-state index contributed by atoms with van der Waals surface area (Å²) in [4.78, 5) is 0. The van der Waals surface area contributed by atoms with Crippen LogP contribution in [0.2, 0.25) is 0 Å². The van der Waals surface area contributed by atoms with Crippen LogP contribution in [0.25, 0.3) is 0 Å². The van der Waals surface area contributed by atoms with Crippen molar-refractivity contribution in [2.24, 2.45) is 11.7 Å². The minimum Gasteiger partial charge on any atom is -0.370 e. The molecule has 0 bridgehead atoms. The molecule has 1 saturated heterocycles. The standard InChI is InChI=1S/C12H21N5/c13-11-3-1-2-9(11)6-15-12-4-5-16-17(12)10-7-14-8-10/h4-5,9-11,14-15H,1-3,6-8,13H2. The zero-order chi connectivity index (χ0) is 11.7. The van der Waals surface area contributed by atoms with Gasteiger partial charge in [-0.2, -0.15) is 5.10 Å². The molecule has 94 valence electrons. The highest BCUT2D eigenvalue weighted by atomic mass is 15.4. The summed E-state index contributed by atoms with van der Waals surface area (Å²) in [5.41, 5.74) is 6.08. The van der Waals surface area contributed by atoms with Crippen molar-refractivity contribution >= 4 is 5.82 Å². The Morgan fingerprint density at radius 3 is 3.00 bits per heavy atom. The van der Waals surface area contributed by atoms with Crippen molar-refractivity contribution in [2.45, 2.75) is 31.3 Å². The van der Waals surface area contributed by atoms with Gasteiger partial charge in [-0.1, -0.05) is 6.42 Å². The molecule has 0 radical (unpaired) electrons. The largest absolute Gasteiger partial charge is 0.370 e. The Bertz CT molecular complexity index is 371. The smallest absolute Gasteiger partial charge is 0.124 e. The monoisotopic (exact) mass is 235 g/mol. The maximum atomic E-state index is 6.08. The number of rotatable bonds is 4. The van der Waals surface area contributed by atoms with E-state index in [0.717, 1.165) is 25.5 Å². The predicted molar refractivity (Wildman–Crippen MR) is 67.9 cm³/mol. The molecular weight excluding hydrogens is 214 g/mol. The van der Waals surface area contributed by atoms with Gasteiger partial charge in [0.25, 0.3) is 0 Å². The molecule has 3 rings (SSSR count). The number of nitrogens with zero attached hydrogens (tertiary/aromatic N) is 2. The van der Waals surface area contributed by atoms with Gasteiger partial charge in [0, 0.05) is 31.7 Å². The van der Waals surface area contributed by atoms with E-state index in [1.54, 1.807) is 0 Å². The minimum absolute atomic E-state index is 0.379. The number of nitrogens with two attached hydrogens (primary N) is 1. The molecule has 1 aliphatic carbocycles. The normalized spacial score (nSPS) is 29.2. The summed E-state index contributed by atoms with van der Waals surface area (Å²) in [7, 11) is 0. The van der Waals surface area contributed by atoms with E-state index in [-0.39, 0.29) is 0 Å². The molecule has 0 amide bonds. The minimum atomic E-state index is 0.379. The fourth-order valence-electron chi connectivity index (χ4n) is 2.75. The van der Waals surface area contributed by atoms with Crippen molar-refractivity contribution in [1.29, 1.82) is 0 Å². The van der Waals surface area contributed by atoms with Gasteiger partial charge in [0.1, 0.15) is 5.82 Å². The quantitative estimate of drug-likeness (QED) is 0.713. The molecule has 2 fully saturated rings. The maximum absolute atomic E-state index is 6.08. The summed E-state index contributed by atoms with van der Waals surface area (Å²) in [6.07, 6.45) is 5.58. The summed E-state index contributed by atoms with van der Waals surface area (Å²) in [5.74, 6) is 1.76. The third kappa shape index (κ3) is 2.17. The van der Waals surface area contributed by atoms with Crippen LogP contribution in [-0.4, -0.2) is 35.5 Å². The van der Waals surface area contributed by atoms with Gasteiger partial charge < -0.3 is 16.4 Å². The van der Waals surface area contributed by atoms with Gasteiger partial charge >= 0.3 is 0 Å². The molecule has 1 aromatic rings. The van der Waals surface area contributed by atoms with E-state index in [1.165, 1.54) is 19.3 Å². The second kappa shape index (κ2) is 4.66. The Morgan fingerprint density at radius 1 is 1.47 bits per heavy atom. The van der Waals surface area contributed by atoms with Crippen molar-refractivity contribution in [2.75, 3.05) is 25.0 Å². The summed E-state index contributed by atoms with van der Waals surface area (Å²) in [6, 6.07) is 2.95. The topological polar surface area (TPSA) is 67.9 Å². The van der Waals surface area contributed by atoms with Gasteiger partial charge in [-0.25, -0.2) is 4.68 Å². The highest BCUT2D eigenvalue weighted by molar-refractivity contribution is 5.35. The van der Waals surface area contributed by atoms with Gasteiger partial charge in [-0.05, 0) is 18.8 Å².